The minimum absolute atomic E-state index is 0.0399. The van der Waals surface area contributed by atoms with Crippen molar-refractivity contribution in [2.45, 2.75) is 120 Å². The first-order chi connectivity index (χ1) is 20.5. The molecule has 0 aromatic carbocycles. The van der Waals surface area contributed by atoms with Crippen LogP contribution in [-0.4, -0.2) is 64.3 Å². The van der Waals surface area contributed by atoms with Gasteiger partial charge in [-0.3, -0.25) is 4.90 Å². The minimum atomic E-state index is -4.87. The smallest absolute Gasteiger partial charge is 0.402 e. The van der Waals surface area contributed by atoms with Crippen LogP contribution in [0.25, 0.3) is 11.3 Å². The van der Waals surface area contributed by atoms with E-state index in [0.717, 1.165) is 57.2 Å². The zero-order chi connectivity index (χ0) is 30.3. The van der Waals surface area contributed by atoms with Crippen molar-refractivity contribution in [3.63, 3.8) is 0 Å². The van der Waals surface area contributed by atoms with Crippen molar-refractivity contribution in [2.75, 3.05) is 30.3 Å². The molecule has 2 bridgehead atoms. The summed E-state index contributed by atoms with van der Waals surface area (Å²) in [5.74, 6) is 0.930. The first-order valence-electron chi connectivity index (χ1n) is 16.0. The Kier molecular flexibility index (Phi) is 8.47. The van der Waals surface area contributed by atoms with Crippen molar-refractivity contribution in [1.82, 2.24) is 19.4 Å². The van der Waals surface area contributed by atoms with Gasteiger partial charge in [0.2, 0.25) is 0 Å². The lowest BCUT2D eigenvalue weighted by Gasteiger charge is -2.62. The van der Waals surface area contributed by atoms with E-state index in [-0.39, 0.29) is 28.4 Å². The highest BCUT2D eigenvalue weighted by Crippen LogP contribution is 2.57. The Morgan fingerprint density at radius 1 is 0.907 bits per heavy atom. The first kappa shape index (κ1) is 30.7. The molecule has 4 saturated carbocycles. The number of nitrogen functional groups attached to an aromatic ring is 1. The molecular weight excluding hydrogens is 579 g/mol. The van der Waals surface area contributed by atoms with Gasteiger partial charge < -0.3 is 15.0 Å². The molecule has 0 spiro atoms. The molecule has 43 heavy (non-hydrogen) atoms. The first-order valence-corrected chi connectivity index (χ1v) is 17.9. The molecule has 2 aromatic rings. The molecule has 8 nitrogen and oxygen atoms in total. The summed E-state index contributed by atoms with van der Waals surface area (Å²) in [4.78, 5) is 11.5. The van der Waals surface area contributed by atoms with Crippen LogP contribution in [0.4, 0.5) is 19.0 Å². The fourth-order valence-corrected chi connectivity index (χ4v) is 9.08. The molecule has 0 amide bonds. The van der Waals surface area contributed by atoms with Crippen LogP contribution in [0.2, 0.25) is 0 Å². The molecule has 1 saturated heterocycles. The van der Waals surface area contributed by atoms with E-state index < -0.39 is 21.9 Å². The number of halogens is 3. The van der Waals surface area contributed by atoms with Gasteiger partial charge in [0.25, 0.3) is 0 Å². The van der Waals surface area contributed by atoms with Crippen LogP contribution < -0.4 is 10.5 Å². The SMILES string of the molecule is Nc1ncc(-c2cn(C34CCCCCCCCCCCC(N5CCS(=O)(=O)CC5)(C3)C4)c(C3CC3)n2)cc1OC(F)(F)F. The van der Waals surface area contributed by atoms with Crippen LogP contribution in [0.5, 0.6) is 5.75 Å². The van der Waals surface area contributed by atoms with Gasteiger partial charge in [0.1, 0.15) is 5.82 Å². The van der Waals surface area contributed by atoms with E-state index in [1.165, 1.54) is 57.2 Å². The highest BCUT2D eigenvalue weighted by Gasteiger charge is 2.59. The monoisotopic (exact) mass is 623 g/mol. The minimum Gasteiger partial charge on any atom is -0.402 e. The average Bonchev–Trinajstić information content (AvgIpc) is 3.68. The summed E-state index contributed by atoms with van der Waals surface area (Å²) in [6.07, 6.45) is 15.6. The van der Waals surface area contributed by atoms with Gasteiger partial charge in [0, 0.05) is 48.0 Å². The molecule has 2 N–H and O–H groups in total. The Hall–Kier alpha value is -2.34. The maximum atomic E-state index is 13.0. The number of nitrogens with two attached hydrogens (primary N) is 1. The van der Waals surface area contributed by atoms with Gasteiger partial charge >= 0.3 is 6.36 Å². The summed E-state index contributed by atoms with van der Waals surface area (Å²) in [5, 5.41) is 0. The summed E-state index contributed by atoms with van der Waals surface area (Å²) in [6, 6.07) is 1.28. The highest BCUT2D eigenvalue weighted by molar-refractivity contribution is 7.91. The molecule has 12 heteroatoms. The molecule has 7 rings (SSSR count). The maximum absolute atomic E-state index is 13.0. The number of hydrogen-bond donors (Lipinski definition) is 1. The molecule has 5 fully saturated rings. The maximum Gasteiger partial charge on any atom is 0.573 e. The lowest BCUT2D eigenvalue weighted by molar-refractivity contribution is -0.274. The van der Waals surface area contributed by atoms with E-state index in [9.17, 15) is 21.6 Å². The quantitative estimate of drug-likeness (QED) is 0.402. The van der Waals surface area contributed by atoms with Gasteiger partial charge in [-0.15, -0.1) is 13.2 Å². The second kappa shape index (κ2) is 11.9. The van der Waals surface area contributed by atoms with E-state index >= 15 is 0 Å². The van der Waals surface area contributed by atoms with Crippen LogP contribution >= 0.6 is 0 Å². The van der Waals surface area contributed by atoms with Crippen molar-refractivity contribution >= 4 is 15.7 Å². The zero-order valence-corrected chi connectivity index (χ0v) is 25.7. The molecule has 3 heterocycles. The Morgan fingerprint density at radius 2 is 1.49 bits per heavy atom. The number of sulfone groups is 1. The number of nitrogens with zero attached hydrogens (tertiary/aromatic N) is 4. The van der Waals surface area contributed by atoms with Gasteiger partial charge in [0.15, 0.2) is 21.4 Å². The topological polar surface area (TPSA) is 103 Å². The van der Waals surface area contributed by atoms with Crippen LogP contribution in [0.3, 0.4) is 0 Å². The van der Waals surface area contributed by atoms with E-state index in [1.807, 2.05) is 6.20 Å². The lowest BCUT2D eigenvalue weighted by atomic mass is 9.57. The summed E-state index contributed by atoms with van der Waals surface area (Å²) in [6.45, 7) is 1.17. The second-order valence-corrected chi connectivity index (χ2v) is 15.7. The third-order valence-corrected chi connectivity index (χ3v) is 11.8. The van der Waals surface area contributed by atoms with Gasteiger partial charge in [-0.05, 0) is 44.6 Å². The van der Waals surface area contributed by atoms with Crippen LogP contribution in [0.1, 0.15) is 108 Å². The Morgan fingerprint density at radius 3 is 2.07 bits per heavy atom. The van der Waals surface area contributed by atoms with E-state index in [1.54, 1.807) is 0 Å². The number of imidazole rings is 1. The van der Waals surface area contributed by atoms with E-state index in [0.29, 0.717) is 30.3 Å². The molecule has 0 atom stereocenters. The molecule has 4 aliphatic carbocycles. The Labute approximate surface area is 252 Å². The third kappa shape index (κ3) is 6.84. The fourth-order valence-electron chi connectivity index (χ4n) is 7.88. The fraction of sp³-hybridized carbons (Fsp3) is 0.742. The highest BCUT2D eigenvalue weighted by atomic mass is 32.2. The number of alkyl halides is 3. The molecule has 0 radical (unpaired) electrons. The van der Waals surface area contributed by atoms with Gasteiger partial charge in [-0.2, -0.15) is 0 Å². The number of fused-ring (bicyclic) bond motifs is 10. The largest absolute Gasteiger partial charge is 0.573 e. The van der Waals surface area contributed by atoms with E-state index in [2.05, 4.69) is 19.2 Å². The van der Waals surface area contributed by atoms with Crippen molar-refractivity contribution in [3.8, 4) is 17.0 Å². The number of aromatic nitrogens is 3. The Bertz CT molecular complexity index is 1390. The molecule has 5 aliphatic rings. The van der Waals surface area contributed by atoms with Crippen LogP contribution in [0.15, 0.2) is 18.5 Å². The van der Waals surface area contributed by atoms with Gasteiger partial charge in [-0.25, -0.2) is 18.4 Å². The van der Waals surface area contributed by atoms with Crippen molar-refractivity contribution in [2.24, 2.45) is 0 Å². The van der Waals surface area contributed by atoms with Crippen LogP contribution in [-0.2, 0) is 15.4 Å². The lowest BCUT2D eigenvalue weighted by Crippen LogP contribution is -2.68. The second-order valence-electron chi connectivity index (χ2n) is 13.4. The molecule has 0 unspecified atom stereocenters. The molecule has 1 aliphatic heterocycles. The number of hydrogen-bond acceptors (Lipinski definition) is 7. The number of anilines is 1. The average molecular weight is 624 g/mol. The number of pyridine rings is 1. The molecule has 2 aromatic heterocycles. The van der Waals surface area contributed by atoms with Crippen molar-refractivity contribution < 1.29 is 26.3 Å². The predicted octanol–water partition coefficient (Wildman–Crippen LogP) is 6.57. The molecule has 238 valence electrons. The number of ether oxygens (including phenoxy) is 1. The summed E-state index contributed by atoms with van der Waals surface area (Å²) >= 11 is 0. The zero-order valence-electron chi connectivity index (χ0n) is 24.9. The standard InChI is InChI=1S/C31H44F3N5O3S/c32-31(33,34)42-26-18-24(19-36-27(26)35)25-20-39(28(37-25)23-10-11-23)30-13-9-7-5-3-1-2-4-6-8-12-29(21-30,22-30)38-14-16-43(40,41)17-15-38/h18-20,23H,1-17,21-22H2,(H2,35,36). The normalized spacial score (nSPS) is 29.4. The third-order valence-electron chi connectivity index (χ3n) is 10.2. The predicted molar refractivity (Wildman–Crippen MR) is 159 cm³/mol. The van der Waals surface area contributed by atoms with Crippen molar-refractivity contribution in [3.05, 3.63) is 24.3 Å². The van der Waals surface area contributed by atoms with E-state index in [4.69, 9.17) is 10.7 Å². The Balaban J connectivity index is 1.35. The summed E-state index contributed by atoms with van der Waals surface area (Å²) in [5.41, 5.74) is 6.54. The summed E-state index contributed by atoms with van der Waals surface area (Å²) < 4.78 is 70.3. The number of rotatable bonds is 5. The van der Waals surface area contributed by atoms with Crippen LogP contribution in [0, 0.1) is 0 Å². The molecular formula is C31H44F3N5O3S. The van der Waals surface area contributed by atoms with Crippen molar-refractivity contribution in [1.29, 1.82) is 0 Å². The van der Waals surface area contributed by atoms with Gasteiger partial charge in [-0.1, -0.05) is 57.8 Å². The summed E-state index contributed by atoms with van der Waals surface area (Å²) in [7, 11) is -2.99. The van der Waals surface area contributed by atoms with Gasteiger partial charge in [0.05, 0.1) is 17.2 Å².